The predicted molar refractivity (Wildman–Crippen MR) is 124 cm³/mol. The maximum atomic E-state index is 12.2. The van der Waals surface area contributed by atoms with Crippen LogP contribution in [-0.2, 0) is 11.3 Å². The smallest absolute Gasteiger partial charge is 0.406 e. The number of ether oxygens (including phenoxy) is 2. The van der Waals surface area contributed by atoms with Gasteiger partial charge >= 0.3 is 6.36 Å². The fraction of sp³-hybridized carbons (Fsp3) is 0.409. The lowest BCUT2D eigenvalue weighted by molar-refractivity contribution is -0.274. The van der Waals surface area contributed by atoms with E-state index in [0.29, 0.717) is 11.9 Å². The fourth-order valence-electron chi connectivity index (χ4n) is 3.48. The Balaban J connectivity index is 0.00000341. The number of nitrogens with one attached hydrogen (secondary N) is 1. The highest BCUT2D eigenvalue weighted by Gasteiger charge is 2.30. The number of halogens is 4. The number of hydrogen-bond donors (Lipinski definition) is 2. The molecule has 170 valence electrons. The summed E-state index contributed by atoms with van der Waals surface area (Å²) < 4.78 is 46.1. The quantitative estimate of drug-likeness (QED) is 0.284. The lowest BCUT2D eigenvalue weighted by Gasteiger charge is -2.28. The first-order valence-corrected chi connectivity index (χ1v) is 9.93. The Morgan fingerprint density at radius 3 is 2.35 bits per heavy atom. The van der Waals surface area contributed by atoms with E-state index in [1.165, 1.54) is 24.3 Å². The molecule has 2 aromatic carbocycles. The van der Waals surface area contributed by atoms with Crippen molar-refractivity contribution in [2.75, 3.05) is 13.2 Å². The molecule has 5 nitrogen and oxygen atoms in total. The molecule has 1 saturated heterocycles. The van der Waals surface area contributed by atoms with Gasteiger partial charge in [-0.25, -0.2) is 4.99 Å². The lowest BCUT2D eigenvalue weighted by Crippen LogP contribution is -2.36. The van der Waals surface area contributed by atoms with Crippen molar-refractivity contribution >= 4 is 29.9 Å². The second-order valence-electron chi connectivity index (χ2n) is 7.29. The van der Waals surface area contributed by atoms with Crippen LogP contribution in [0.1, 0.15) is 36.4 Å². The molecule has 1 aliphatic heterocycles. The molecule has 1 atom stereocenters. The van der Waals surface area contributed by atoms with Crippen molar-refractivity contribution in [3.63, 3.8) is 0 Å². The minimum absolute atomic E-state index is 0. The van der Waals surface area contributed by atoms with Crippen molar-refractivity contribution in [2.45, 2.75) is 38.2 Å². The van der Waals surface area contributed by atoms with Crippen LogP contribution >= 0.6 is 24.0 Å². The summed E-state index contributed by atoms with van der Waals surface area (Å²) >= 11 is 0. The van der Waals surface area contributed by atoms with Gasteiger partial charge in [0.15, 0.2) is 5.96 Å². The molecule has 0 radical (unpaired) electrons. The second kappa shape index (κ2) is 12.1. The van der Waals surface area contributed by atoms with Crippen LogP contribution in [-0.4, -0.2) is 25.5 Å². The summed E-state index contributed by atoms with van der Waals surface area (Å²) in [6.45, 7) is 1.82. The average Bonchev–Trinajstić information content (AvgIpc) is 2.73. The molecule has 0 aliphatic carbocycles. The molecule has 0 saturated carbocycles. The zero-order valence-electron chi connectivity index (χ0n) is 17.0. The minimum Gasteiger partial charge on any atom is -0.406 e. The summed E-state index contributed by atoms with van der Waals surface area (Å²) in [4.78, 5) is 4.35. The summed E-state index contributed by atoms with van der Waals surface area (Å²) in [5, 5.41) is 3.31. The van der Waals surface area contributed by atoms with Crippen molar-refractivity contribution in [1.29, 1.82) is 0 Å². The summed E-state index contributed by atoms with van der Waals surface area (Å²) in [5.74, 6) is 0.582. The van der Waals surface area contributed by atoms with E-state index in [0.717, 1.165) is 43.6 Å². The van der Waals surface area contributed by atoms with Gasteiger partial charge in [-0.2, -0.15) is 0 Å². The maximum Gasteiger partial charge on any atom is 0.573 e. The lowest BCUT2D eigenvalue weighted by atomic mass is 9.89. The number of aliphatic imine (C=N–C) groups is 1. The van der Waals surface area contributed by atoms with E-state index < -0.39 is 6.36 Å². The standard InChI is InChI=1S/C22H26F3N3O2.HI/c23-22(24,25)30-19-8-6-17(7-9-19)15-27-21(26)28-20(18-4-2-1-3-5-18)14-16-10-12-29-13-11-16;/h1-9,16,20H,10-15H2,(H3,26,27,28);1H. The molecule has 3 rings (SSSR count). The van der Waals surface area contributed by atoms with Crippen LogP contribution in [0.5, 0.6) is 5.75 Å². The number of hydrogen-bond acceptors (Lipinski definition) is 3. The van der Waals surface area contributed by atoms with Crippen molar-refractivity contribution in [3.05, 3.63) is 65.7 Å². The summed E-state index contributed by atoms with van der Waals surface area (Å²) in [5.41, 5.74) is 7.99. The van der Waals surface area contributed by atoms with E-state index in [1.807, 2.05) is 18.2 Å². The van der Waals surface area contributed by atoms with Gasteiger partial charge in [-0.1, -0.05) is 42.5 Å². The van der Waals surface area contributed by atoms with E-state index in [1.54, 1.807) is 0 Å². The Bertz CT molecular complexity index is 811. The molecule has 1 fully saturated rings. The highest BCUT2D eigenvalue weighted by atomic mass is 127. The van der Waals surface area contributed by atoms with Crippen LogP contribution < -0.4 is 15.8 Å². The van der Waals surface area contributed by atoms with Gasteiger partial charge in [0.25, 0.3) is 0 Å². The molecule has 9 heteroatoms. The number of nitrogens with two attached hydrogens (primary N) is 1. The fourth-order valence-corrected chi connectivity index (χ4v) is 3.48. The molecule has 0 aromatic heterocycles. The first-order chi connectivity index (χ1) is 14.4. The van der Waals surface area contributed by atoms with Gasteiger partial charge in [-0.05, 0) is 48.4 Å². The SMILES string of the molecule is I.NC(=NCc1ccc(OC(F)(F)F)cc1)NC(CC1CCOCC1)c1ccccc1. The van der Waals surface area contributed by atoms with Crippen LogP contribution in [0.4, 0.5) is 13.2 Å². The van der Waals surface area contributed by atoms with Crippen molar-refractivity contribution in [2.24, 2.45) is 16.6 Å². The summed E-state index contributed by atoms with van der Waals surface area (Å²) in [6.07, 6.45) is -1.74. The predicted octanol–water partition coefficient (Wildman–Crippen LogP) is 5.17. The molecule has 2 aromatic rings. The van der Waals surface area contributed by atoms with Gasteiger partial charge < -0.3 is 20.5 Å². The third kappa shape index (κ3) is 8.94. The molecule has 0 amide bonds. The molecular weight excluding hydrogens is 522 g/mol. The van der Waals surface area contributed by atoms with Gasteiger partial charge in [-0.3, -0.25) is 0 Å². The normalized spacial score (nSPS) is 16.3. The average molecular weight is 549 g/mol. The topological polar surface area (TPSA) is 68.9 Å². The highest BCUT2D eigenvalue weighted by Crippen LogP contribution is 2.27. The van der Waals surface area contributed by atoms with E-state index in [4.69, 9.17) is 10.5 Å². The van der Waals surface area contributed by atoms with Gasteiger partial charge in [0.05, 0.1) is 12.6 Å². The third-order valence-electron chi connectivity index (χ3n) is 5.02. The molecule has 1 aliphatic rings. The summed E-state index contributed by atoms with van der Waals surface area (Å²) in [7, 11) is 0. The second-order valence-corrected chi connectivity index (χ2v) is 7.29. The van der Waals surface area contributed by atoms with Crippen LogP contribution in [0.25, 0.3) is 0 Å². The van der Waals surface area contributed by atoms with Crippen LogP contribution in [0.3, 0.4) is 0 Å². The number of nitrogens with zero attached hydrogens (tertiary/aromatic N) is 1. The first-order valence-electron chi connectivity index (χ1n) is 9.93. The summed E-state index contributed by atoms with van der Waals surface area (Å²) in [6, 6.07) is 15.7. The van der Waals surface area contributed by atoms with E-state index in [2.05, 4.69) is 27.2 Å². The van der Waals surface area contributed by atoms with Crippen molar-refractivity contribution in [3.8, 4) is 5.75 Å². The Hall–Kier alpha value is -2.01. The number of rotatable bonds is 7. The first kappa shape index (κ1) is 25.3. The molecule has 31 heavy (non-hydrogen) atoms. The van der Waals surface area contributed by atoms with E-state index in [9.17, 15) is 13.2 Å². The van der Waals surface area contributed by atoms with Crippen LogP contribution in [0.2, 0.25) is 0 Å². The number of alkyl halides is 3. The zero-order valence-corrected chi connectivity index (χ0v) is 19.3. The molecule has 3 N–H and O–H groups in total. The molecule has 0 spiro atoms. The minimum atomic E-state index is -4.70. The zero-order chi connectivity index (χ0) is 21.4. The highest BCUT2D eigenvalue weighted by molar-refractivity contribution is 14.0. The Morgan fingerprint density at radius 1 is 1.10 bits per heavy atom. The van der Waals surface area contributed by atoms with Gasteiger partial charge in [0, 0.05) is 13.2 Å². The number of guanidine groups is 1. The molecular formula is C22H27F3IN3O2. The monoisotopic (exact) mass is 549 g/mol. The van der Waals surface area contributed by atoms with Gasteiger partial charge in [0.1, 0.15) is 5.75 Å². The van der Waals surface area contributed by atoms with E-state index >= 15 is 0 Å². The van der Waals surface area contributed by atoms with Crippen LogP contribution in [0, 0.1) is 5.92 Å². The van der Waals surface area contributed by atoms with Crippen LogP contribution in [0.15, 0.2) is 59.6 Å². The molecule has 1 heterocycles. The van der Waals surface area contributed by atoms with Crippen molar-refractivity contribution in [1.82, 2.24) is 5.32 Å². The van der Waals surface area contributed by atoms with Gasteiger partial charge in [0.2, 0.25) is 0 Å². The largest absolute Gasteiger partial charge is 0.573 e. The van der Waals surface area contributed by atoms with Crippen molar-refractivity contribution < 1.29 is 22.6 Å². The Morgan fingerprint density at radius 2 is 1.74 bits per heavy atom. The third-order valence-corrected chi connectivity index (χ3v) is 5.02. The van der Waals surface area contributed by atoms with E-state index in [-0.39, 0.29) is 42.3 Å². The number of benzene rings is 2. The van der Waals surface area contributed by atoms with Gasteiger partial charge in [-0.15, -0.1) is 37.1 Å². The molecule has 1 unspecified atom stereocenters. The maximum absolute atomic E-state index is 12.2. The molecule has 0 bridgehead atoms. The Labute approximate surface area is 197 Å². The Kier molecular flexibility index (Phi) is 9.89.